The van der Waals surface area contributed by atoms with Crippen LogP contribution in [0.2, 0.25) is 0 Å². The topological polar surface area (TPSA) is 52.2 Å². The highest BCUT2D eigenvalue weighted by atomic mass is 127. The molecule has 1 aromatic carbocycles. The van der Waals surface area contributed by atoms with Crippen LogP contribution in [0, 0.1) is 3.57 Å². The quantitative estimate of drug-likeness (QED) is 0.804. The SMILES string of the molecule is O=c1[nH]cnc(N2CCN(c3ccccc3)CC2)c1I. The zero-order valence-corrected chi connectivity index (χ0v) is 13.1. The van der Waals surface area contributed by atoms with E-state index in [1.54, 1.807) is 0 Å². The fraction of sp³-hybridized carbons (Fsp3) is 0.286. The number of aromatic amines is 1. The minimum absolute atomic E-state index is 0.0684. The van der Waals surface area contributed by atoms with E-state index in [1.165, 1.54) is 12.0 Å². The molecule has 6 heteroatoms. The molecule has 0 amide bonds. The normalized spacial score (nSPS) is 15.4. The number of benzene rings is 1. The number of para-hydroxylation sites is 1. The number of anilines is 2. The third kappa shape index (κ3) is 2.65. The van der Waals surface area contributed by atoms with Crippen LogP contribution in [0.15, 0.2) is 41.5 Å². The molecule has 1 fully saturated rings. The van der Waals surface area contributed by atoms with Crippen molar-refractivity contribution in [1.82, 2.24) is 9.97 Å². The first-order chi connectivity index (χ1) is 9.75. The van der Waals surface area contributed by atoms with Gasteiger partial charge in [0.2, 0.25) is 0 Å². The zero-order chi connectivity index (χ0) is 13.9. The molecule has 2 heterocycles. The van der Waals surface area contributed by atoms with Crippen molar-refractivity contribution in [2.24, 2.45) is 0 Å². The molecule has 104 valence electrons. The first-order valence-corrected chi connectivity index (χ1v) is 7.62. The van der Waals surface area contributed by atoms with Crippen molar-refractivity contribution >= 4 is 34.1 Å². The van der Waals surface area contributed by atoms with Gasteiger partial charge in [0.15, 0.2) is 0 Å². The fourth-order valence-corrected chi connectivity index (χ4v) is 3.05. The van der Waals surface area contributed by atoms with Gasteiger partial charge < -0.3 is 14.8 Å². The molecule has 0 spiro atoms. The van der Waals surface area contributed by atoms with Crippen molar-refractivity contribution in [3.05, 3.63) is 50.6 Å². The monoisotopic (exact) mass is 382 g/mol. The lowest BCUT2D eigenvalue weighted by molar-refractivity contribution is 0.645. The highest BCUT2D eigenvalue weighted by Crippen LogP contribution is 2.20. The summed E-state index contributed by atoms with van der Waals surface area (Å²) in [5.41, 5.74) is 1.18. The molecule has 1 N–H and O–H groups in total. The Morgan fingerprint density at radius 3 is 2.40 bits per heavy atom. The highest BCUT2D eigenvalue weighted by Gasteiger charge is 2.20. The van der Waals surface area contributed by atoms with E-state index in [1.807, 2.05) is 6.07 Å². The molecule has 0 atom stereocenters. The summed E-state index contributed by atoms with van der Waals surface area (Å²) in [5, 5.41) is 0. The summed E-state index contributed by atoms with van der Waals surface area (Å²) in [6.45, 7) is 3.63. The van der Waals surface area contributed by atoms with E-state index in [9.17, 15) is 4.79 Å². The maximum Gasteiger partial charge on any atom is 0.266 e. The number of nitrogens with zero attached hydrogens (tertiary/aromatic N) is 3. The Morgan fingerprint density at radius 1 is 1.05 bits per heavy atom. The third-order valence-electron chi connectivity index (χ3n) is 3.48. The van der Waals surface area contributed by atoms with Gasteiger partial charge in [0.1, 0.15) is 9.39 Å². The van der Waals surface area contributed by atoms with E-state index in [4.69, 9.17) is 0 Å². The maximum absolute atomic E-state index is 11.6. The van der Waals surface area contributed by atoms with Crippen molar-refractivity contribution < 1.29 is 0 Å². The minimum atomic E-state index is -0.0684. The van der Waals surface area contributed by atoms with Crippen LogP contribution in [-0.2, 0) is 0 Å². The van der Waals surface area contributed by atoms with Crippen LogP contribution in [0.3, 0.4) is 0 Å². The molecule has 0 saturated carbocycles. The summed E-state index contributed by atoms with van der Waals surface area (Å²) in [7, 11) is 0. The molecule has 0 radical (unpaired) electrons. The highest BCUT2D eigenvalue weighted by molar-refractivity contribution is 14.1. The molecule has 1 aliphatic rings. The summed E-state index contributed by atoms with van der Waals surface area (Å²) >= 11 is 2.06. The summed E-state index contributed by atoms with van der Waals surface area (Å²) in [4.78, 5) is 23.1. The van der Waals surface area contributed by atoms with Crippen LogP contribution in [-0.4, -0.2) is 36.1 Å². The number of piperazine rings is 1. The summed E-state index contributed by atoms with van der Waals surface area (Å²) < 4.78 is 0.665. The smallest absolute Gasteiger partial charge is 0.266 e. The third-order valence-corrected chi connectivity index (χ3v) is 4.45. The molecule has 5 nitrogen and oxygen atoms in total. The number of hydrogen-bond donors (Lipinski definition) is 1. The van der Waals surface area contributed by atoms with Crippen molar-refractivity contribution in [2.45, 2.75) is 0 Å². The second kappa shape index (κ2) is 5.82. The van der Waals surface area contributed by atoms with E-state index in [0.29, 0.717) is 3.57 Å². The molecule has 0 aliphatic carbocycles. The van der Waals surface area contributed by atoms with E-state index >= 15 is 0 Å². The predicted molar refractivity (Wildman–Crippen MR) is 88.4 cm³/mol. The number of hydrogen-bond acceptors (Lipinski definition) is 4. The number of H-pyrrole nitrogens is 1. The van der Waals surface area contributed by atoms with E-state index in [2.05, 4.69) is 66.6 Å². The average Bonchev–Trinajstić information content (AvgIpc) is 2.51. The van der Waals surface area contributed by atoms with Gasteiger partial charge in [0.25, 0.3) is 5.56 Å². The standard InChI is InChI=1S/C14H15IN4O/c15-12-13(16-10-17-14(12)20)19-8-6-18(7-9-19)11-4-2-1-3-5-11/h1-5,10H,6-9H2,(H,16,17,20). The lowest BCUT2D eigenvalue weighted by Gasteiger charge is -2.36. The summed E-state index contributed by atoms with van der Waals surface area (Å²) in [6.07, 6.45) is 1.48. The summed E-state index contributed by atoms with van der Waals surface area (Å²) in [5.74, 6) is 0.794. The Hall–Kier alpha value is -1.57. The van der Waals surface area contributed by atoms with E-state index < -0.39 is 0 Å². The molecule has 1 saturated heterocycles. The number of nitrogens with one attached hydrogen (secondary N) is 1. The molecular formula is C14H15IN4O. The predicted octanol–water partition coefficient (Wildman–Crippen LogP) is 1.70. The van der Waals surface area contributed by atoms with Gasteiger partial charge in [-0.25, -0.2) is 4.98 Å². The average molecular weight is 382 g/mol. The Balaban J connectivity index is 1.73. The molecule has 2 aromatic rings. The molecule has 1 aliphatic heterocycles. The van der Waals surface area contributed by atoms with Gasteiger partial charge in [-0.15, -0.1) is 0 Å². The van der Waals surface area contributed by atoms with Gasteiger partial charge in [-0.05, 0) is 34.7 Å². The van der Waals surface area contributed by atoms with Crippen LogP contribution in [0.4, 0.5) is 11.5 Å². The van der Waals surface area contributed by atoms with Crippen LogP contribution < -0.4 is 15.4 Å². The Bertz CT molecular complexity index is 635. The molecule has 3 rings (SSSR count). The second-order valence-corrected chi connectivity index (χ2v) is 5.76. The van der Waals surface area contributed by atoms with Crippen LogP contribution >= 0.6 is 22.6 Å². The zero-order valence-electron chi connectivity index (χ0n) is 10.9. The maximum atomic E-state index is 11.6. The fourth-order valence-electron chi connectivity index (χ4n) is 2.41. The second-order valence-electron chi connectivity index (χ2n) is 4.68. The Labute approximate surface area is 130 Å². The van der Waals surface area contributed by atoms with Crippen molar-refractivity contribution in [1.29, 1.82) is 0 Å². The van der Waals surface area contributed by atoms with Gasteiger partial charge in [-0.1, -0.05) is 18.2 Å². The minimum Gasteiger partial charge on any atom is -0.368 e. The number of aromatic nitrogens is 2. The summed E-state index contributed by atoms with van der Waals surface area (Å²) in [6, 6.07) is 10.4. The van der Waals surface area contributed by atoms with Gasteiger partial charge in [0.05, 0.1) is 6.33 Å². The lowest BCUT2D eigenvalue weighted by atomic mass is 10.2. The van der Waals surface area contributed by atoms with Crippen LogP contribution in [0.5, 0.6) is 0 Å². The first kappa shape index (κ1) is 13.4. The number of rotatable bonds is 2. The van der Waals surface area contributed by atoms with Crippen molar-refractivity contribution in [3.63, 3.8) is 0 Å². The van der Waals surface area contributed by atoms with Crippen LogP contribution in [0.25, 0.3) is 0 Å². The molecule has 0 bridgehead atoms. The van der Waals surface area contributed by atoms with Gasteiger partial charge in [0, 0.05) is 31.9 Å². The molecular weight excluding hydrogens is 367 g/mol. The Morgan fingerprint density at radius 2 is 1.70 bits per heavy atom. The van der Waals surface area contributed by atoms with Gasteiger partial charge >= 0.3 is 0 Å². The van der Waals surface area contributed by atoms with Crippen LogP contribution in [0.1, 0.15) is 0 Å². The lowest BCUT2D eigenvalue weighted by Crippen LogP contribution is -2.47. The Kier molecular flexibility index (Phi) is 3.90. The first-order valence-electron chi connectivity index (χ1n) is 6.54. The number of halogens is 1. The molecule has 0 unspecified atom stereocenters. The van der Waals surface area contributed by atoms with Gasteiger partial charge in [-0.3, -0.25) is 4.79 Å². The van der Waals surface area contributed by atoms with E-state index in [-0.39, 0.29) is 5.56 Å². The molecule has 1 aromatic heterocycles. The molecule has 20 heavy (non-hydrogen) atoms. The van der Waals surface area contributed by atoms with Gasteiger partial charge in [-0.2, -0.15) is 0 Å². The van der Waals surface area contributed by atoms with Crippen molar-refractivity contribution in [3.8, 4) is 0 Å². The van der Waals surface area contributed by atoms with Crippen molar-refractivity contribution in [2.75, 3.05) is 36.0 Å². The largest absolute Gasteiger partial charge is 0.368 e. The van der Waals surface area contributed by atoms with E-state index in [0.717, 1.165) is 32.0 Å².